The number of hydrogen-bond acceptors (Lipinski definition) is 4. The van der Waals surface area contributed by atoms with E-state index >= 15 is 0 Å². The first kappa shape index (κ1) is 20.1. The Morgan fingerprint density at radius 3 is 2.12 bits per heavy atom. The van der Waals surface area contributed by atoms with Crippen molar-refractivity contribution in [1.29, 1.82) is 5.26 Å². The molecule has 0 heterocycles. The van der Waals surface area contributed by atoms with Crippen molar-refractivity contribution < 1.29 is 103 Å². The van der Waals surface area contributed by atoms with Crippen molar-refractivity contribution in [3.63, 3.8) is 0 Å². The minimum Gasteiger partial charge on any atom is -0.788 e. The maximum Gasteiger partial charge on any atom is 1.00 e. The molecule has 0 N–H and O–H groups in total. The van der Waals surface area contributed by atoms with E-state index in [0.29, 0.717) is 0 Å². The molecule has 0 bridgehead atoms. The van der Waals surface area contributed by atoms with Crippen LogP contribution in [0.1, 0.15) is 5.56 Å². The summed E-state index contributed by atoms with van der Waals surface area (Å²) in [4.78, 5) is 7.35. The molecule has 16 heavy (non-hydrogen) atoms. The summed E-state index contributed by atoms with van der Waals surface area (Å²) >= 11 is 9.29. The Hall–Kier alpha value is 1.76. The zero-order valence-electron chi connectivity index (χ0n) is 9.04. The molecule has 0 saturated carbocycles. The van der Waals surface area contributed by atoms with Crippen molar-refractivity contribution in [2.45, 2.75) is 0 Å². The summed E-state index contributed by atoms with van der Waals surface area (Å²) in [5.74, 6) is 0.258. The molecule has 0 radical (unpaired) electrons. The number of nitrogens with zero attached hydrogens (tertiary/aromatic N) is 3. The molecular weight excluding hydrogens is 292 g/mol. The average molecular weight is 297 g/mol. The molecule has 0 aliphatic rings. The van der Waals surface area contributed by atoms with Gasteiger partial charge in [-0.25, -0.2) is 4.38 Å². The van der Waals surface area contributed by atoms with Gasteiger partial charge in [0.25, 0.3) is 0 Å². The molecule has 0 atom stereocenters. The van der Waals surface area contributed by atoms with Crippen LogP contribution < -0.4 is 103 Å². The van der Waals surface area contributed by atoms with Crippen LogP contribution in [0.3, 0.4) is 0 Å². The molecule has 0 saturated heterocycles. The summed E-state index contributed by atoms with van der Waals surface area (Å²) in [6.45, 7) is 0. The van der Waals surface area contributed by atoms with Gasteiger partial charge in [-0.1, -0.05) is 30.3 Å². The van der Waals surface area contributed by atoms with Crippen LogP contribution in [0.5, 0.6) is 0 Å². The quantitative estimate of drug-likeness (QED) is 0.172. The maximum atomic E-state index is 8.44. The van der Waals surface area contributed by atoms with Crippen molar-refractivity contribution >= 4 is 35.5 Å². The standard InChI is InChI=1S/C9H7N3S2.2K/c10-6-11-8(12-9(13)14)7-4-2-1-3-5-7;;/h1-5H,(H2,11,12,13,14);;/q;2*+1/p-2. The zero-order valence-corrected chi connectivity index (χ0v) is 16.9. The topological polar surface area (TPSA) is 48.5 Å². The fourth-order valence-electron chi connectivity index (χ4n) is 0.875. The van der Waals surface area contributed by atoms with Crippen LogP contribution in [0.2, 0.25) is 0 Å². The van der Waals surface area contributed by atoms with Crippen LogP contribution in [-0.2, 0) is 25.3 Å². The summed E-state index contributed by atoms with van der Waals surface area (Å²) in [6.07, 6.45) is 1.66. The van der Waals surface area contributed by atoms with Gasteiger partial charge in [-0.3, -0.25) is 4.99 Å². The van der Waals surface area contributed by atoms with Crippen LogP contribution in [0.25, 0.3) is 0 Å². The average Bonchev–Trinajstić information content (AvgIpc) is 2.18. The van der Waals surface area contributed by atoms with Gasteiger partial charge in [0.2, 0.25) is 6.19 Å². The number of benzene rings is 1. The van der Waals surface area contributed by atoms with E-state index in [1.165, 1.54) is 0 Å². The molecule has 0 aromatic heterocycles. The van der Waals surface area contributed by atoms with Crippen LogP contribution >= 0.6 is 0 Å². The Morgan fingerprint density at radius 1 is 1.12 bits per heavy atom. The Balaban J connectivity index is 0. The summed E-state index contributed by atoms with van der Waals surface area (Å²) in [7, 11) is 0. The molecule has 1 aromatic rings. The molecule has 7 heteroatoms. The first-order chi connectivity index (χ1) is 6.74. The van der Waals surface area contributed by atoms with E-state index in [1.54, 1.807) is 18.3 Å². The van der Waals surface area contributed by atoms with E-state index in [0.717, 1.165) is 5.56 Å². The van der Waals surface area contributed by atoms with Crippen molar-refractivity contribution in [1.82, 2.24) is 0 Å². The third kappa shape index (κ3) is 7.97. The molecule has 70 valence electrons. The minimum atomic E-state index is 0. The summed E-state index contributed by atoms with van der Waals surface area (Å²) in [5, 5.41) is 8.44. The van der Waals surface area contributed by atoms with Gasteiger partial charge in [0.1, 0.15) is 0 Å². The van der Waals surface area contributed by atoms with E-state index < -0.39 is 0 Å². The molecule has 0 unspecified atom stereocenters. The third-order valence-electron chi connectivity index (χ3n) is 1.39. The number of aliphatic imine (C=N–C) groups is 2. The fourth-order valence-corrected chi connectivity index (χ4v) is 1.05. The predicted molar refractivity (Wildman–Crippen MR) is 60.8 cm³/mol. The predicted octanol–water partition coefficient (Wildman–Crippen LogP) is -4.63. The Bertz CT molecular complexity index is 409. The first-order valence-corrected chi connectivity index (χ1v) is 4.50. The van der Waals surface area contributed by atoms with Crippen LogP contribution in [0.4, 0.5) is 0 Å². The second kappa shape index (κ2) is 11.8. The van der Waals surface area contributed by atoms with Crippen molar-refractivity contribution in [3.05, 3.63) is 35.9 Å². The number of nitriles is 1. The number of rotatable bonds is 1. The van der Waals surface area contributed by atoms with Crippen molar-refractivity contribution in [2.24, 2.45) is 9.98 Å². The van der Waals surface area contributed by atoms with Gasteiger partial charge in [-0.15, -0.1) is 0 Å². The van der Waals surface area contributed by atoms with Gasteiger partial charge in [0.15, 0.2) is 5.84 Å². The fraction of sp³-hybridized carbons (Fsp3) is 0. The van der Waals surface area contributed by atoms with Crippen LogP contribution in [0.15, 0.2) is 40.3 Å². The smallest absolute Gasteiger partial charge is 0.788 e. The summed E-state index contributed by atoms with van der Waals surface area (Å²) < 4.78 is 0.0443. The molecule has 0 fully saturated rings. The van der Waals surface area contributed by atoms with E-state index in [2.05, 4.69) is 35.2 Å². The van der Waals surface area contributed by atoms with E-state index in [9.17, 15) is 0 Å². The molecule has 0 amide bonds. The molecule has 3 nitrogen and oxygen atoms in total. The first-order valence-electron chi connectivity index (χ1n) is 3.69. The van der Waals surface area contributed by atoms with Crippen LogP contribution in [-0.4, -0.2) is 10.2 Å². The van der Waals surface area contributed by atoms with Crippen molar-refractivity contribution in [3.8, 4) is 6.19 Å². The monoisotopic (exact) mass is 297 g/mol. The van der Waals surface area contributed by atoms with Gasteiger partial charge >= 0.3 is 103 Å². The largest absolute Gasteiger partial charge is 1.00 e. The van der Waals surface area contributed by atoms with Gasteiger partial charge in [-0.05, 0) is 0 Å². The van der Waals surface area contributed by atoms with Crippen LogP contribution in [0, 0.1) is 11.5 Å². The summed E-state index contributed by atoms with van der Waals surface area (Å²) in [6, 6.07) is 9.08. The van der Waals surface area contributed by atoms with Gasteiger partial charge < -0.3 is 25.3 Å². The molecule has 0 aliphatic carbocycles. The minimum absolute atomic E-state index is 0. The number of amidine groups is 1. The molecule has 1 rings (SSSR count). The zero-order chi connectivity index (χ0) is 10.4. The molecule has 0 spiro atoms. The third-order valence-corrected chi connectivity index (χ3v) is 1.57. The second-order valence-corrected chi connectivity index (χ2v) is 3.31. The normalized spacial score (nSPS) is 9.06. The molecule has 0 aliphatic heterocycles. The Kier molecular flexibility index (Phi) is 14.9. The maximum absolute atomic E-state index is 8.44. The Labute approximate surface area is 191 Å². The van der Waals surface area contributed by atoms with Gasteiger partial charge in [-0.2, -0.15) is 10.3 Å². The van der Waals surface area contributed by atoms with Crippen molar-refractivity contribution in [2.75, 3.05) is 0 Å². The molecular formula is C9H5K2N3S2. The summed E-state index contributed by atoms with van der Waals surface area (Å²) in [5.41, 5.74) is 0.723. The van der Waals surface area contributed by atoms with Gasteiger partial charge in [0.05, 0.1) is 0 Å². The van der Waals surface area contributed by atoms with Gasteiger partial charge in [0, 0.05) is 5.56 Å². The number of hydrogen-bond donors (Lipinski definition) is 0. The Morgan fingerprint density at radius 2 is 1.69 bits per heavy atom. The van der Waals surface area contributed by atoms with E-state index in [1.807, 2.05) is 18.2 Å². The van der Waals surface area contributed by atoms with E-state index in [4.69, 9.17) is 5.26 Å². The van der Waals surface area contributed by atoms with E-state index in [-0.39, 0.29) is 113 Å². The second-order valence-electron chi connectivity index (χ2n) is 2.28. The molecule has 1 aromatic carbocycles. The SMILES string of the molecule is N#CN=C(N=C([S-])[S-])c1ccccc1.[K+].[K+].